The number of alkyl halides is 1. The van der Waals surface area contributed by atoms with Gasteiger partial charge in [0.15, 0.2) is 0 Å². The zero-order valence-electron chi connectivity index (χ0n) is 12.0. The van der Waals surface area contributed by atoms with Crippen LogP contribution in [0.3, 0.4) is 0 Å². The van der Waals surface area contributed by atoms with Gasteiger partial charge >= 0.3 is 0 Å². The number of halogens is 1. The van der Waals surface area contributed by atoms with Gasteiger partial charge in [-0.05, 0) is 29.8 Å². The fraction of sp³-hybridized carbons (Fsp3) is 0.250. The van der Waals surface area contributed by atoms with Gasteiger partial charge in [-0.25, -0.2) is 0 Å². The average Bonchev–Trinajstić information content (AvgIpc) is 2.56. The van der Waals surface area contributed by atoms with Crippen LogP contribution in [-0.4, -0.2) is 22.3 Å². The summed E-state index contributed by atoms with van der Waals surface area (Å²) in [5.41, 5.74) is 1.83. The third-order valence-corrected chi connectivity index (χ3v) is 3.65. The van der Waals surface area contributed by atoms with E-state index in [1.165, 1.54) is 0 Å². The second-order valence-electron chi connectivity index (χ2n) is 4.70. The van der Waals surface area contributed by atoms with Crippen LogP contribution in [0.15, 0.2) is 65.1 Å². The Balaban J connectivity index is 1.82. The molecule has 2 aromatic rings. The van der Waals surface area contributed by atoms with Crippen LogP contribution in [0, 0.1) is 0 Å². The minimum atomic E-state index is -0.175. The molecule has 0 spiro atoms. The Kier molecular flexibility index (Phi) is 6.70. The number of anilines is 1. The molecule has 1 aromatic heterocycles. The third kappa shape index (κ3) is 5.73. The van der Waals surface area contributed by atoms with Crippen LogP contribution < -0.4 is 5.32 Å². The lowest BCUT2D eigenvalue weighted by atomic mass is 10.2. The number of azo groups is 1. The summed E-state index contributed by atoms with van der Waals surface area (Å²) in [7, 11) is 0. The Hall–Kier alpha value is -2.08. The number of carbonyl (C=O) groups excluding carboxylic acids is 1. The van der Waals surface area contributed by atoms with E-state index in [0.29, 0.717) is 18.3 Å². The van der Waals surface area contributed by atoms with Gasteiger partial charge in [0.05, 0.1) is 19.0 Å². The van der Waals surface area contributed by atoms with Crippen molar-refractivity contribution in [2.24, 2.45) is 10.2 Å². The lowest BCUT2D eigenvalue weighted by Gasteiger charge is -2.08. The van der Waals surface area contributed by atoms with Gasteiger partial charge in [-0.2, -0.15) is 10.2 Å². The summed E-state index contributed by atoms with van der Waals surface area (Å²) < 4.78 is 0. The quantitative estimate of drug-likeness (QED) is 0.602. The first-order valence-electron chi connectivity index (χ1n) is 6.94. The molecule has 22 heavy (non-hydrogen) atoms. The molecular formula is C16H17BrN4O. The third-order valence-electron chi connectivity index (χ3n) is 2.90. The number of amides is 1. The maximum Gasteiger partial charge on any atom is 0.226 e. The van der Waals surface area contributed by atoms with E-state index in [0.717, 1.165) is 11.3 Å². The molecule has 6 heteroatoms. The predicted molar refractivity (Wildman–Crippen MR) is 90.1 cm³/mol. The zero-order chi connectivity index (χ0) is 15.6. The molecule has 0 bridgehead atoms. The van der Waals surface area contributed by atoms with Crippen LogP contribution in [0.1, 0.15) is 12.0 Å². The van der Waals surface area contributed by atoms with Crippen molar-refractivity contribution in [2.75, 3.05) is 10.6 Å². The molecule has 114 valence electrons. The molecule has 0 saturated carbocycles. The van der Waals surface area contributed by atoms with Crippen LogP contribution in [0.4, 0.5) is 5.69 Å². The van der Waals surface area contributed by atoms with E-state index >= 15 is 0 Å². The lowest BCUT2D eigenvalue weighted by molar-refractivity contribution is -0.116. The van der Waals surface area contributed by atoms with E-state index in [1.54, 1.807) is 12.4 Å². The standard InChI is InChI=1S/C16H17BrN4O/c17-11-15(21-19-12-13-6-8-18-9-7-13)10-16(22)20-14-4-2-1-3-5-14/h1-9,15H,10-12H2,(H,20,22). The summed E-state index contributed by atoms with van der Waals surface area (Å²) in [6.45, 7) is 0.492. The van der Waals surface area contributed by atoms with E-state index in [2.05, 4.69) is 36.5 Å². The van der Waals surface area contributed by atoms with E-state index in [-0.39, 0.29) is 11.9 Å². The highest BCUT2D eigenvalue weighted by Crippen LogP contribution is 2.10. The summed E-state index contributed by atoms with van der Waals surface area (Å²) in [5, 5.41) is 11.8. The molecule has 1 amide bonds. The Bertz CT molecular complexity index is 604. The van der Waals surface area contributed by atoms with Crippen LogP contribution in [0.5, 0.6) is 0 Å². The van der Waals surface area contributed by atoms with Crippen molar-refractivity contribution in [3.05, 3.63) is 60.4 Å². The molecular weight excluding hydrogens is 344 g/mol. The van der Waals surface area contributed by atoms with Crippen molar-refractivity contribution in [1.82, 2.24) is 4.98 Å². The van der Waals surface area contributed by atoms with Gasteiger partial charge < -0.3 is 5.32 Å². The number of hydrogen-bond acceptors (Lipinski definition) is 4. The number of benzene rings is 1. The van der Waals surface area contributed by atoms with Crippen LogP contribution in [-0.2, 0) is 11.3 Å². The number of rotatable bonds is 7. The van der Waals surface area contributed by atoms with Crippen LogP contribution in [0.25, 0.3) is 0 Å². The van der Waals surface area contributed by atoms with E-state index in [1.807, 2.05) is 42.5 Å². The maximum absolute atomic E-state index is 12.0. The molecule has 1 atom stereocenters. The minimum Gasteiger partial charge on any atom is -0.326 e. The second-order valence-corrected chi connectivity index (χ2v) is 5.34. The molecule has 0 aliphatic carbocycles. The van der Waals surface area contributed by atoms with Crippen LogP contribution in [0.2, 0.25) is 0 Å². The van der Waals surface area contributed by atoms with Gasteiger partial charge in [-0.1, -0.05) is 34.1 Å². The van der Waals surface area contributed by atoms with Gasteiger partial charge in [-0.15, -0.1) is 0 Å². The monoisotopic (exact) mass is 360 g/mol. The van der Waals surface area contributed by atoms with Crippen molar-refractivity contribution < 1.29 is 4.79 Å². The van der Waals surface area contributed by atoms with Crippen molar-refractivity contribution in [3.63, 3.8) is 0 Å². The number of hydrogen-bond donors (Lipinski definition) is 1. The molecule has 0 aliphatic rings. The first-order valence-corrected chi connectivity index (χ1v) is 8.06. The number of pyridine rings is 1. The van der Waals surface area contributed by atoms with E-state index in [9.17, 15) is 4.79 Å². The number of nitrogens with zero attached hydrogens (tertiary/aromatic N) is 3. The van der Waals surface area contributed by atoms with Gasteiger partial charge in [0, 0.05) is 23.4 Å². The number of para-hydroxylation sites is 1. The normalized spacial score (nSPS) is 12.2. The predicted octanol–water partition coefficient (Wildman–Crippen LogP) is 3.83. The Morgan fingerprint density at radius 3 is 2.59 bits per heavy atom. The van der Waals surface area contributed by atoms with Crippen molar-refractivity contribution >= 4 is 27.5 Å². The molecule has 1 N–H and O–H groups in total. The van der Waals surface area contributed by atoms with E-state index in [4.69, 9.17) is 0 Å². The Morgan fingerprint density at radius 2 is 1.91 bits per heavy atom. The average molecular weight is 361 g/mol. The fourth-order valence-corrected chi connectivity index (χ4v) is 2.16. The summed E-state index contributed by atoms with van der Waals surface area (Å²) in [4.78, 5) is 15.9. The topological polar surface area (TPSA) is 66.7 Å². The first-order chi connectivity index (χ1) is 10.8. The lowest BCUT2D eigenvalue weighted by Crippen LogP contribution is -2.19. The van der Waals surface area contributed by atoms with Gasteiger partial charge in [0.1, 0.15) is 0 Å². The molecule has 1 aromatic carbocycles. The summed E-state index contributed by atoms with van der Waals surface area (Å²) in [6.07, 6.45) is 3.74. The summed E-state index contributed by atoms with van der Waals surface area (Å²) >= 11 is 3.37. The SMILES string of the molecule is O=C(CC(CBr)N=NCc1ccncc1)Nc1ccccc1. The van der Waals surface area contributed by atoms with Gasteiger partial charge in [0.25, 0.3) is 0 Å². The first kappa shape index (κ1) is 16.3. The largest absolute Gasteiger partial charge is 0.326 e. The Morgan fingerprint density at radius 1 is 1.18 bits per heavy atom. The summed E-state index contributed by atoms with van der Waals surface area (Å²) in [5.74, 6) is -0.0708. The van der Waals surface area contributed by atoms with Crippen LogP contribution >= 0.6 is 15.9 Å². The molecule has 0 saturated heterocycles. The highest BCUT2D eigenvalue weighted by atomic mass is 79.9. The molecule has 2 rings (SSSR count). The van der Waals surface area contributed by atoms with E-state index < -0.39 is 0 Å². The Labute approximate surface area is 138 Å². The number of carbonyl (C=O) groups is 1. The smallest absolute Gasteiger partial charge is 0.226 e. The molecule has 5 nitrogen and oxygen atoms in total. The highest BCUT2D eigenvalue weighted by molar-refractivity contribution is 9.09. The molecule has 0 radical (unpaired) electrons. The highest BCUT2D eigenvalue weighted by Gasteiger charge is 2.12. The van der Waals surface area contributed by atoms with Crippen molar-refractivity contribution in [2.45, 2.75) is 19.0 Å². The van der Waals surface area contributed by atoms with Crippen molar-refractivity contribution in [3.8, 4) is 0 Å². The molecule has 1 unspecified atom stereocenters. The number of aromatic nitrogens is 1. The molecule has 0 aliphatic heterocycles. The minimum absolute atomic E-state index is 0.0708. The number of nitrogens with one attached hydrogen (secondary N) is 1. The molecule has 0 fully saturated rings. The zero-order valence-corrected chi connectivity index (χ0v) is 13.6. The molecule has 1 heterocycles. The van der Waals surface area contributed by atoms with Gasteiger partial charge in [0.2, 0.25) is 5.91 Å². The fourth-order valence-electron chi connectivity index (χ4n) is 1.80. The van der Waals surface area contributed by atoms with Crippen molar-refractivity contribution in [1.29, 1.82) is 0 Å². The second kappa shape index (κ2) is 9.04. The summed E-state index contributed by atoms with van der Waals surface area (Å²) in [6, 6.07) is 13.0. The maximum atomic E-state index is 12.0. The van der Waals surface area contributed by atoms with Gasteiger partial charge in [-0.3, -0.25) is 9.78 Å².